The first kappa shape index (κ1) is 15.0. The third-order valence-corrected chi connectivity index (χ3v) is 3.84. The number of hydrogen-bond donors (Lipinski definition) is 3. The van der Waals surface area contributed by atoms with Crippen LogP contribution in [0, 0.1) is 5.92 Å². The zero-order valence-electron chi connectivity index (χ0n) is 12.4. The van der Waals surface area contributed by atoms with Gasteiger partial charge in [0, 0.05) is 24.2 Å². The number of rotatable bonds is 5. The molecule has 1 amide bonds. The minimum absolute atomic E-state index is 0.124. The van der Waals surface area contributed by atoms with Crippen LogP contribution in [0.4, 0.5) is 5.69 Å². The summed E-state index contributed by atoms with van der Waals surface area (Å²) in [5.74, 6) is 0.278. The van der Waals surface area contributed by atoms with Gasteiger partial charge in [0.05, 0.1) is 0 Å². The summed E-state index contributed by atoms with van der Waals surface area (Å²) in [6.45, 7) is 6.86. The predicted octanol–water partition coefficient (Wildman–Crippen LogP) is 2.12. The minimum Gasteiger partial charge on any atom is -0.326 e. The van der Waals surface area contributed by atoms with Crippen LogP contribution in [-0.2, 0) is 11.3 Å². The maximum atomic E-state index is 12.4. The topological polar surface area (TPSA) is 53.2 Å². The van der Waals surface area contributed by atoms with Crippen LogP contribution in [0.15, 0.2) is 24.3 Å². The average Bonchev–Trinajstić information content (AvgIpc) is 2.46. The number of carbonyl (C=O) groups is 1. The normalized spacial score (nSPS) is 22.5. The highest BCUT2D eigenvalue weighted by atomic mass is 16.1. The van der Waals surface area contributed by atoms with E-state index < -0.39 is 0 Å². The highest BCUT2D eigenvalue weighted by Crippen LogP contribution is 2.20. The van der Waals surface area contributed by atoms with Crippen molar-refractivity contribution < 1.29 is 4.79 Å². The molecule has 4 heteroatoms. The van der Waals surface area contributed by atoms with Gasteiger partial charge in [0.1, 0.15) is 0 Å². The standard InChI is InChI=1S/C16H25N3O/c1-3-17-11-14-6-4-5-7-15(14)19-16(20)13-8-9-18-12(2)10-13/h4-7,12-13,17-18H,3,8-11H2,1-2H3,(H,19,20)/t12-,13-/m0/s1. The first-order valence-corrected chi connectivity index (χ1v) is 7.53. The lowest BCUT2D eigenvalue weighted by Crippen LogP contribution is -2.40. The number of anilines is 1. The van der Waals surface area contributed by atoms with Crippen molar-refractivity contribution in [1.82, 2.24) is 10.6 Å². The summed E-state index contributed by atoms with van der Waals surface area (Å²) in [6, 6.07) is 8.44. The van der Waals surface area contributed by atoms with Crippen molar-refractivity contribution in [2.45, 2.75) is 39.3 Å². The van der Waals surface area contributed by atoms with Crippen LogP contribution in [0.25, 0.3) is 0 Å². The van der Waals surface area contributed by atoms with E-state index in [-0.39, 0.29) is 11.8 Å². The summed E-state index contributed by atoms with van der Waals surface area (Å²) in [4.78, 5) is 12.4. The molecular formula is C16H25N3O. The molecule has 1 heterocycles. The Kier molecular flexibility index (Phi) is 5.56. The van der Waals surface area contributed by atoms with Crippen molar-refractivity contribution >= 4 is 11.6 Å². The Bertz CT molecular complexity index is 447. The van der Waals surface area contributed by atoms with Gasteiger partial charge < -0.3 is 16.0 Å². The van der Waals surface area contributed by atoms with E-state index in [0.717, 1.165) is 43.7 Å². The largest absolute Gasteiger partial charge is 0.326 e. The number of nitrogens with one attached hydrogen (secondary N) is 3. The van der Waals surface area contributed by atoms with Gasteiger partial charge in [-0.05, 0) is 44.5 Å². The second-order valence-corrected chi connectivity index (χ2v) is 5.50. The summed E-state index contributed by atoms with van der Waals surface area (Å²) in [7, 11) is 0. The lowest BCUT2D eigenvalue weighted by atomic mass is 9.92. The molecule has 0 radical (unpaired) electrons. The molecule has 1 aliphatic rings. The van der Waals surface area contributed by atoms with Crippen molar-refractivity contribution in [1.29, 1.82) is 0 Å². The smallest absolute Gasteiger partial charge is 0.227 e. The van der Waals surface area contributed by atoms with E-state index in [1.165, 1.54) is 0 Å². The average molecular weight is 275 g/mol. The number of piperidine rings is 1. The molecule has 1 aromatic carbocycles. The van der Waals surface area contributed by atoms with Crippen LogP contribution < -0.4 is 16.0 Å². The van der Waals surface area contributed by atoms with E-state index in [2.05, 4.69) is 35.9 Å². The van der Waals surface area contributed by atoms with Gasteiger partial charge in [-0.2, -0.15) is 0 Å². The molecule has 4 nitrogen and oxygen atoms in total. The van der Waals surface area contributed by atoms with Crippen LogP contribution in [0.3, 0.4) is 0 Å². The van der Waals surface area contributed by atoms with E-state index in [9.17, 15) is 4.79 Å². The van der Waals surface area contributed by atoms with E-state index in [4.69, 9.17) is 0 Å². The van der Waals surface area contributed by atoms with Gasteiger partial charge in [-0.25, -0.2) is 0 Å². The zero-order chi connectivity index (χ0) is 14.4. The molecular weight excluding hydrogens is 250 g/mol. The molecule has 1 aliphatic heterocycles. The SMILES string of the molecule is CCNCc1ccccc1NC(=O)[C@H]1CCN[C@@H](C)C1. The lowest BCUT2D eigenvalue weighted by Gasteiger charge is -2.27. The number of benzene rings is 1. The molecule has 0 bridgehead atoms. The third kappa shape index (κ3) is 4.05. The summed E-state index contributed by atoms with van der Waals surface area (Å²) in [6.07, 6.45) is 1.84. The molecule has 1 fully saturated rings. The molecule has 110 valence electrons. The molecule has 3 N–H and O–H groups in total. The van der Waals surface area contributed by atoms with Crippen molar-refractivity contribution in [2.24, 2.45) is 5.92 Å². The Balaban J connectivity index is 1.99. The third-order valence-electron chi connectivity index (χ3n) is 3.84. The molecule has 1 saturated heterocycles. The number of amides is 1. The van der Waals surface area contributed by atoms with Gasteiger partial charge in [-0.15, -0.1) is 0 Å². The predicted molar refractivity (Wildman–Crippen MR) is 82.6 cm³/mol. The summed E-state index contributed by atoms with van der Waals surface area (Å²) in [5.41, 5.74) is 2.08. The van der Waals surface area contributed by atoms with Crippen molar-refractivity contribution in [3.8, 4) is 0 Å². The van der Waals surface area contributed by atoms with Crippen molar-refractivity contribution in [3.05, 3.63) is 29.8 Å². The van der Waals surface area contributed by atoms with Gasteiger partial charge in [0.15, 0.2) is 0 Å². The van der Waals surface area contributed by atoms with E-state index in [1.54, 1.807) is 0 Å². The Hall–Kier alpha value is -1.39. The Morgan fingerprint density at radius 3 is 2.95 bits per heavy atom. The summed E-state index contributed by atoms with van der Waals surface area (Å²) < 4.78 is 0. The number of hydrogen-bond acceptors (Lipinski definition) is 3. The molecule has 0 saturated carbocycles. The number of para-hydroxylation sites is 1. The van der Waals surface area contributed by atoms with Gasteiger partial charge >= 0.3 is 0 Å². The molecule has 2 rings (SSSR count). The molecule has 20 heavy (non-hydrogen) atoms. The van der Waals surface area contributed by atoms with Crippen LogP contribution in [0.1, 0.15) is 32.3 Å². The molecule has 0 spiro atoms. The maximum absolute atomic E-state index is 12.4. The molecule has 0 unspecified atom stereocenters. The highest BCUT2D eigenvalue weighted by molar-refractivity contribution is 5.93. The fourth-order valence-corrected chi connectivity index (χ4v) is 2.66. The second-order valence-electron chi connectivity index (χ2n) is 5.50. The summed E-state index contributed by atoms with van der Waals surface area (Å²) in [5, 5.41) is 9.79. The van der Waals surface area contributed by atoms with Gasteiger partial charge in [0.25, 0.3) is 0 Å². The van der Waals surface area contributed by atoms with Gasteiger partial charge in [0.2, 0.25) is 5.91 Å². The van der Waals surface area contributed by atoms with Crippen LogP contribution in [-0.4, -0.2) is 25.0 Å². The first-order valence-electron chi connectivity index (χ1n) is 7.53. The first-order chi connectivity index (χ1) is 9.70. The van der Waals surface area contributed by atoms with E-state index in [0.29, 0.717) is 6.04 Å². The minimum atomic E-state index is 0.124. The lowest BCUT2D eigenvalue weighted by molar-refractivity contribution is -0.120. The molecule has 1 aromatic rings. The Morgan fingerprint density at radius 2 is 2.20 bits per heavy atom. The van der Waals surface area contributed by atoms with Crippen LogP contribution in [0.5, 0.6) is 0 Å². The fraction of sp³-hybridized carbons (Fsp3) is 0.562. The zero-order valence-corrected chi connectivity index (χ0v) is 12.4. The maximum Gasteiger partial charge on any atom is 0.227 e. The van der Waals surface area contributed by atoms with Crippen molar-refractivity contribution in [3.63, 3.8) is 0 Å². The van der Waals surface area contributed by atoms with E-state index in [1.807, 2.05) is 18.2 Å². The van der Waals surface area contributed by atoms with Crippen molar-refractivity contribution in [2.75, 3.05) is 18.4 Å². The Labute approximate surface area is 121 Å². The van der Waals surface area contributed by atoms with Crippen LogP contribution in [0.2, 0.25) is 0 Å². The van der Waals surface area contributed by atoms with Gasteiger partial charge in [-0.1, -0.05) is 25.1 Å². The summed E-state index contributed by atoms with van der Waals surface area (Å²) >= 11 is 0. The molecule has 0 aromatic heterocycles. The highest BCUT2D eigenvalue weighted by Gasteiger charge is 2.24. The quantitative estimate of drug-likeness (QED) is 0.771. The van der Waals surface area contributed by atoms with Gasteiger partial charge in [-0.3, -0.25) is 4.79 Å². The fourth-order valence-electron chi connectivity index (χ4n) is 2.66. The Morgan fingerprint density at radius 1 is 1.40 bits per heavy atom. The number of carbonyl (C=O) groups excluding carboxylic acids is 1. The molecule has 0 aliphatic carbocycles. The van der Waals surface area contributed by atoms with Crippen LogP contribution >= 0.6 is 0 Å². The van der Waals surface area contributed by atoms with E-state index >= 15 is 0 Å². The second kappa shape index (κ2) is 7.41. The molecule has 2 atom stereocenters. The monoisotopic (exact) mass is 275 g/mol.